The number of fused-ring (bicyclic) bond motifs is 1. The first-order chi connectivity index (χ1) is 7.93. The van der Waals surface area contributed by atoms with Crippen molar-refractivity contribution in [2.45, 2.75) is 18.8 Å². The number of urea groups is 2. The monoisotopic (exact) mass is 242 g/mol. The van der Waals surface area contributed by atoms with Crippen molar-refractivity contribution < 1.29 is 19.5 Å². The van der Waals surface area contributed by atoms with Crippen molar-refractivity contribution >= 4 is 18.0 Å². The average Bonchev–Trinajstić information content (AvgIpc) is 2.68. The Morgan fingerprint density at radius 1 is 1.35 bits per heavy atom. The first-order valence-corrected chi connectivity index (χ1v) is 5.22. The van der Waals surface area contributed by atoms with Gasteiger partial charge in [0.1, 0.15) is 12.3 Å². The molecule has 94 valence electrons. The summed E-state index contributed by atoms with van der Waals surface area (Å²) in [5.74, 6) is -0.971. The maximum atomic E-state index is 11.7. The van der Waals surface area contributed by atoms with Gasteiger partial charge in [0.2, 0.25) is 0 Å². The van der Waals surface area contributed by atoms with Crippen LogP contribution < -0.4 is 5.32 Å². The number of aliphatic carboxylic acids is 1. The Labute approximate surface area is 97.8 Å². The fourth-order valence-electron chi connectivity index (χ4n) is 2.22. The number of carbonyl (C=O) groups is 3. The summed E-state index contributed by atoms with van der Waals surface area (Å²) >= 11 is 0. The maximum Gasteiger partial charge on any atom is 0.323 e. The number of nitrogens with one attached hydrogen (secondary N) is 1. The van der Waals surface area contributed by atoms with Crippen LogP contribution in [0.4, 0.5) is 9.59 Å². The van der Waals surface area contributed by atoms with Gasteiger partial charge in [-0.2, -0.15) is 0 Å². The van der Waals surface area contributed by atoms with E-state index < -0.39 is 18.3 Å². The summed E-state index contributed by atoms with van der Waals surface area (Å²) < 4.78 is 0. The van der Waals surface area contributed by atoms with Gasteiger partial charge in [-0.15, -0.1) is 0 Å². The SMILES string of the molecule is CN1C(=O)N(C)[C@H]2NC(=O)N(CCC(=O)O)[C@H]21. The van der Waals surface area contributed by atoms with Gasteiger partial charge < -0.3 is 20.2 Å². The van der Waals surface area contributed by atoms with Gasteiger partial charge in [-0.05, 0) is 0 Å². The molecule has 8 nitrogen and oxygen atoms in total. The van der Waals surface area contributed by atoms with Gasteiger partial charge in [0, 0.05) is 20.6 Å². The van der Waals surface area contributed by atoms with Gasteiger partial charge in [0.15, 0.2) is 0 Å². The van der Waals surface area contributed by atoms with Crippen LogP contribution >= 0.6 is 0 Å². The van der Waals surface area contributed by atoms with E-state index in [-0.39, 0.29) is 25.0 Å². The number of nitrogens with zero attached hydrogens (tertiary/aromatic N) is 3. The van der Waals surface area contributed by atoms with Crippen molar-refractivity contribution in [2.75, 3.05) is 20.6 Å². The third kappa shape index (κ3) is 1.65. The summed E-state index contributed by atoms with van der Waals surface area (Å²) in [5.41, 5.74) is 0. The minimum absolute atomic E-state index is 0.0911. The zero-order chi connectivity index (χ0) is 12.7. The van der Waals surface area contributed by atoms with Gasteiger partial charge in [-0.3, -0.25) is 9.69 Å². The van der Waals surface area contributed by atoms with Gasteiger partial charge in [0.05, 0.1) is 6.42 Å². The van der Waals surface area contributed by atoms with Gasteiger partial charge in [-0.1, -0.05) is 0 Å². The quantitative estimate of drug-likeness (QED) is 0.673. The second-order valence-corrected chi connectivity index (χ2v) is 4.15. The van der Waals surface area contributed by atoms with Crippen molar-refractivity contribution in [1.82, 2.24) is 20.0 Å². The molecule has 2 saturated heterocycles. The van der Waals surface area contributed by atoms with Crippen LogP contribution in [-0.4, -0.2) is 70.8 Å². The van der Waals surface area contributed by atoms with Gasteiger partial charge >= 0.3 is 18.0 Å². The fourth-order valence-corrected chi connectivity index (χ4v) is 2.22. The molecule has 2 aliphatic rings. The second-order valence-electron chi connectivity index (χ2n) is 4.15. The molecule has 2 heterocycles. The minimum Gasteiger partial charge on any atom is -0.481 e. The van der Waals surface area contributed by atoms with E-state index in [1.54, 1.807) is 14.1 Å². The lowest BCUT2D eigenvalue weighted by Gasteiger charge is -2.25. The zero-order valence-electron chi connectivity index (χ0n) is 9.58. The summed E-state index contributed by atoms with van der Waals surface area (Å²) in [4.78, 5) is 38.1. The van der Waals surface area contributed by atoms with Crippen LogP contribution in [-0.2, 0) is 4.79 Å². The molecule has 4 amide bonds. The van der Waals surface area contributed by atoms with Crippen LogP contribution in [0.25, 0.3) is 0 Å². The molecule has 0 aromatic heterocycles. The number of hydrogen-bond acceptors (Lipinski definition) is 3. The molecule has 0 spiro atoms. The molecule has 0 bridgehead atoms. The van der Waals surface area contributed by atoms with Crippen molar-refractivity contribution in [3.63, 3.8) is 0 Å². The molecular formula is C9H14N4O4. The fraction of sp³-hybridized carbons (Fsp3) is 0.667. The van der Waals surface area contributed by atoms with Crippen molar-refractivity contribution in [1.29, 1.82) is 0 Å². The minimum atomic E-state index is -0.971. The molecule has 2 rings (SSSR count). The molecule has 2 atom stereocenters. The molecule has 0 aromatic carbocycles. The Hall–Kier alpha value is -1.99. The first kappa shape index (κ1) is 11.5. The zero-order valence-corrected chi connectivity index (χ0v) is 9.58. The summed E-state index contributed by atoms with van der Waals surface area (Å²) in [6, 6.07) is -0.534. The predicted octanol–water partition coefficient (Wildman–Crippen LogP) is -0.864. The molecule has 0 aliphatic carbocycles. The maximum absolute atomic E-state index is 11.7. The largest absolute Gasteiger partial charge is 0.481 e. The lowest BCUT2D eigenvalue weighted by atomic mass is 10.3. The lowest BCUT2D eigenvalue weighted by Crippen LogP contribution is -2.45. The number of hydrogen-bond donors (Lipinski definition) is 2. The number of rotatable bonds is 3. The predicted molar refractivity (Wildman–Crippen MR) is 56.0 cm³/mol. The van der Waals surface area contributed by atoms with Crippen LogP contribution in [0, 0.1) is 0 Å². The lowest BCUT2D eigenvalue weighted by molar-refractivity contribution is -0.137. The molecule has 0 unspecified atom stereocenters. The Balaban J connectivity index is 2.15. The number of likely N-dealkylation sites (N-methyl/N-ethyl adjacent to an activating group) is 2. The number of carboxylic acids is 1. The Morgan fingerprint density at radius 3 is 2.59 bits per heavy atom. The average molecular weight is 242 g/mol. The summed E-state index contributed by atoms with van der Waals surface area (Å²) in [5, 5.41) is 11.3. The standard InChI is InChI=1S/C9H14N4O4/c1-11-6-7(12(2)9(11)17)13(8(16)10-6)4-3-5(14)15/h6-7H,3-4H2,1-2H3,(H,10,16)(H,14,15)/t6-,7-/m1/s1. The van der Waals surface area contributed by atoms with E-state index in [0.717, 1.165) is 0 Å². The molecule has 0 saturated carbocycles. The number of amides is 4. The van der Waals surface area contributed by atoms with E-state index >= 15 is 0 Å². The van der Waals surface area contributed by atoms with Crippen LogP contribution in [0.1, 0.15) is 6.42 Å². The van der Waals surface area contributed by atoms with E-state index in [1.165, 1.54) is 14.7 Å². The topological polar surface area (TPSA) is 93.2 Å². The summed E-state index contributed by atoms with van der Waals surface area (Å²) in [6.45, 7) is 0.0911. The van der Waals surface area contributed by atoms with Crippen molar-refractivity contribution in [3.05, 3.63) is 0 Å². The number of carbonyl (C=O) groups excluding carboxylic acids is 2. The normalized spacial score (nSPS) is 27.5. The van der Waals surface area contributed by atoms with Crippen molar-refractivity contribution in [3.8, 4) is 0 Å². The Kier molecular flexibility index (Phi) is 2.56. The molecule has 2 aliphatic heterocycles. The van der Waals surface area contributed by atoms with E-state index in [4.69, 9.17) is 5.11 Å². The van der Waals surface area contributed by atoms with Gasteiger partial charge in [0.25, 0.3) is 0 Å². The Bertz CT molecular complexity index is 385. The van der Waals surface area contributed by atoms with Crippen LogP contribution in [0.3, 0.4) is 0 Å². The number of carboxylic acid groups (broad SMARTS) is 1. The molecule has 2 N–H and O–H groups in total. The summed E-state index contributed by atoms with van der Waals surface area (Å²) in [6.07, 6.45) is -0.976. The molecule has 0 radical (unpaired) electrons. The molecule has 8 heteroatoms. The molecular weight excluding hydrogens is 228 g/mol. The van der Waals surface area contributed by atoms with E-state index in [1.807, 2.05) is 0 Å². The smallest absolute Gasteiger partial charge is 0.323 e. The molecule has 2 fully saturated rings. The van der Waals surface area contributed by atoms with Crippen molar-refractivity contribution in [2.24, 2.45) is 0 Å². The van der Waals surface area contributed by atoms with E-state index in [0.29, 0.717) is 0 Å². The van der Waals surface area contributed by atoms with Crippen LogP contribution in [0.15, 0.2) is 0 Å². The molecule has 17 heavy (non-hydrogen) atoms. The first-order valence-electron chi connectivity index (χ1n) is 5.22. The highest BCUT2D eigenvalue weighted by molar-refractivity contribution is 5.85. The third-order valence-corrected chi connectivity index (χ3v) is 3.12. The molecule has 0 aromatic rings. The van der Waals surface area contributed by atoms with E-state index in [9.17, 15) is 14.4 Å². The third-order valence-electron chi connectivity index (χ3n) is 3.12. The van der Waals surface area contributed by atoms with Gasteiger partial charge in [-0.25, -0.2) is 9.59 Å². The Morgan fingerprint density at radius 2 is 2.00 bits per heavy atom. The highest BCUT2D eigenvalue weighted by Crippen LogP contribution is 2.26. The van der Waals surface area contributed by atoms with E-state index in [2.05, 4.69) is 5.32 Å². The highest BCUT2D eigenvalue weighted by Gasteiger charge is 2.52. The second kappa shape index (κ2) is 3.79. The van der Waals surface area contributed by atoms with Crippen LogP contribution in [0.2, 0.25) is 0 Å². The highest BCUT2D eigenvalue weighted by atomic mass is 16.4. The van der Waals surface area contributed by atoms with Crippen LogP contribution in [0.5, 0.6) is 0 Å². The summed E-state index contributed by atoms with van der Waals surface area (Å²) in [7, 11) is 3.20.